The Bertz CT molecular complexity index is 90.2. The first kappa shape index (κ1) is 10.4. The number of imide groups is 1. The summed E-state index contributed by atoms with van der Waals surface area (Å²) in [5, 5.41) is 19.2. The fourth-order valence-corrected chi connectivity index (χ4v) is 0.0833. The van der Waals surface area contributed by atoms with Crippen LogP contribution < -0.4 is 15.5 Å². The molecule has 0 heterocycles. The Morgan fingerprint density at radius 3 is 1.38 bits per heavy atom. The summed E-state index contributed by atoms with van der Waals surface area (Å²) < 4.78 is 0. The Balaban J connectivity index is 0. The van der Waals surface area contributed by atoms with E-state index in [-0.39, 0.29) is 19.5 Å². The van der Waals surface area contributed by atoms with Gasteiger partial charge in [0.2, 0.25) is 0 Å². The molecule has 0 rings (SSSR count). The van der Waals surface area contributed by atoms with Crippen molar-refractivity contribution >= 4 is 12.2 Å². The van der Waals surface area contributed by atoms with Gasteiger partial charge in [0.05, 0.1) is 0 Å². The first-order chi connectivity index (χ1) is 3.13. The molecule has 1 N–H and O–H groups in total. The van der Waals surface area contributed by atoms with Gasteiger partial charge in [-0.25, -0.2) is 0 Å². The van der Waals surface area contributed by atoms with E-state index in [2.05, 4.69) is 0 Å². The maximum atomic E-state index is 9.17. The number of carbonyl (C=O) groups excluding carboxylic acids is 2. The van der Waals surface area contributed by atoms with E-state index >= 15 is 0 Å². The molecule has 0 aromatic rings. The minimum Gasteiger partial charge on any atom is -0.530 e. The van der Waals surface area contributed by atoms with Crippen LogP contribution in [0.3, 0.4) is 0 Å². The van der Waals surface area contributed by atoms with Gasteiger partial charge in [0, 0.05) is 0 Å². The predicted octanol–water partition coefficient (Wildman–Crippen LogP) is -2.74. The number of carboxylic acid groups (broad SMARTS) is 2. The molecule has 0 atom stereocenters. The van der Waals surface area contributed by atoms with Crippen LogP contribution in [0.1, 0.15) is 0 Å². The second kappa shape index (κ2) is 4.52. The SMILES string of the molecule is O=C([O-])NC(=O)[O-].[Zn+2]. The van der Waals surface area contributed by atoms with Gasteiger partial charge in [-0.15, -0.1) is 0 Å². The molecule has 0 fully saturated rings. The first-order valence-corrected chi connectivity index (χ1v) is 1.32. The van der Waals surface area contributed by atoms with Gasteiger partial charge in [0.1, 0.15) is 12.2 Å². The van der Waals surface area contributed by atoms with Gasteiger partial charge >= 0.3 is 19.5 Å². The van der Waals surface area contributed by atoms with E-state index in [0.717, 1.165) is 5.32 Å². The summed E-state index contributed by atoms with van der Waals surface area (Å²) in [6.07, 6.45) is -3.75. The van der Waals surface area contributed by atoms with Crippen LogP contribution in [0.15, 0.2) is 0 Å². The maximum Gasteiger partial charge on any atom is 2.00 e. The van der Waals surface area contributed by atoms with E-state index in [1.807, 2.05) is 0 Å². The molecule has 0 spiro atoms. The summed E-state index contributed by atoms with van der Waals surface area (Å²) in [5.74, 6) is 0. The van der Waals surface area contributed by atoms with Gasteiger partial charge in [-0.2, -0.15) is 0 Å². The fourth-order valence-electron chi connectivity index (χ4n) is 0.0833. The Morgan fingerprint density at radius 1 is 1.12 bits per heavy atom. The molecule has 2 amide bonds. The van der Waals surface area contributed by atoms with Gasteiger partial charge in [0.25, 0.3) is 0 Å². The molecular weight excluding hydrogens is 167 g/mol. The van der Waals surface area contributed by atoms with E-state index in [1.165, 1.54) is 0 Å². The van der Waals surface area contributed by atoms with Crippen LogP contribution in [-0.4, -0.2) is 12.2 Å². The molecule has 0 bridgehead atoms. The predicted molar refractivity (Wildman–Crippen MR) is 13.9 cm³/mol. The Kier molecular flexibility index (Phi) is 5.86. The molecule has 6 heteroatoms. The van der Waals surface area contributed by atoms with Gasteiger partial charge in [-0.3, -0.25) is 0 Å². The van der Waals surface area contributed by atoms with Gasteiger partial charge < -0.3 is 25.1 Å². The molecule has 0 saturated carbocycles. The van der Waals surface area contributed by atoms with Crippen LogP contribution in [-0.2, 0) is 19.5 Å². The van der Waals surface area contributed by atoms with E-state index in [0.29, 0.717) is 0 Å². The zero-order valence-electron chi connectivity index (χ0n) is 3.84. The van der Waals surface area contributed by atoms with Crippen molar-refractivity contribution in [3.63, 3.8) is 0 Å². The summed E-state index contributed by atoms with van der Waals surface area (Å²) in [4.78, 5) is 18.3. The second-order valence-corrected chi connectivity index (χ2v) is 0.700. The smallest absolute Gasteiger partial charge is 0.530 e. The number of rotatable bonds is 0. The molecule has 0 unspecified atom stereocenters. The molecule has 0 aliphatic rings. The molecule has 0 aliphatic carbocycles. The molecule has 0 radical (unpaired) electrons. The molecule has 40 valence electrons. The van der Waals surface area contributed by atoms with Crippen LogP contribution in [0.2, 0.25) is 0 Å². The normalized spacial score (nSPS) is 6.50. The third-order valence-corrected chi connectivity index (χ3v) is 0.204. The van der Waals surface area contributed by atoms with Crippen molar-refractivity contribution in [1.82, 2.24) is 5.32 Å². The van der Waals surface area contributed by atoms with E-state index < -0.39 is 12.2 Å². The maximum absolute atomic E-state index is 9.17. The van der Waals surface area contributed by atoms with E-state index in [9.17, 15) is 0 Å². The summed E-state index contributed by atoms with van der Waals surface area (Å²) >= 11 is 0. The molecule has 0 saturated heterocycles. The molecular formula is C2HNO4Zn. The zero-order chi connectivity index (χ0) is 5.86. The summed E-state index contributed by atoms with van der Waals surface area (Å²) in [5.41, 5.74) is 0. The topological polar surface area (TPSA) is 92.3 Å². The Labute approximate surface area is 57.4 Å². The number of nitrogens with one attached hydrogen (secondary N) is 1. The van der Waals surface area contributed by atoms with Crippen LogP contribution >= 0.6 is 0 Å². The van der Waals surface area contributed by atoms with Crippen LogP contribution in [0, 0.1) is 0 Å². The summed E-state index contributed by atoms with van der Waals surface area (Å²) in [6, 6.07) is 0. The van der Waals surface area contributed by atoms with Gasteiger partial charge in [-0.05, 0) is 0 Å². The molecule has 8 heavy (non-hydrogen) atoms. The fraction of sp³-hybridized carbons (Fsp3) is 0. The van der Waals surface area contributed by atoms with E-state index in [1.54, 1.807) is 0 Å². The minimum absolute atomic E-state index is 0. The van der Waals surface area contributed by atoms with Crippen LogP contribution in [0.4, 0.5) is 9.59 Å². The average molecular weight is 168 g/mol. The average Bonchev–Trinajstić information content (AvgIpc) is 1.27. The zero-order valence-corrected chi connectivity index (χ0v) is 6.81. The van der Waals surface area contributed by atoms with Gasteiger partial charge in [-0.1, -0.05) is 0 Å². The summed E-state index contributed by atoms with van der Waals surface area (Å²) in [7, 11) is 0. The molecule has 0 aromatic carbocycles. The third-order valence-electron chi connectivity index (χ3n) is 0.204. The monoisotopic (exact) mass is 167 g/mol. The largest absolute Gasteiger partial charge is 2.00 e. The van der Waals surface area contributed by atoms with Crippen molar-refractivity contribution in [3.8, 4) is 0 Å². The summed E-state index contributed by atoms with van der Waals surface area (Å²) in [6.45, 7) is 0. The molecule has 0 aliphatic heterocycles. The second-order valence-electron chi connectivity index (χ2n) is 0.700. The number of amides is 2. The van der Waals surface area contributed by atoms with Gasteiger partial charge in [0.15, 0.2) is 0 Å². The van der Waals surface area contributed by atoms with Crippen molar-refractivity contribution in [2.75, 3.05) is 0 Å². The molecule has 5 nitrogen and oxygen atoms in total. The van der Waals surface area contributed by atoms with Crippen molar-refractivity contribution < 1.29 is 39.3 Å². The van der Waals surface area contributed by atoms with E-state index in [4.69, 9.17) is 19.8 Å². The Morgan fingerprint density at radius 2 is 1.38 bits per heavy atom. The van der Waals surface area contributed by atoms with Crippen molar-refractivity contribution in [2.24, 2.45) is 0 Å². The number of hydrogen-bond acceptors (Lipinski definition) is 4. The minimum atomic E-state index is -1.88. The number of hydrogen-bond donors (Lipinski definition) is 1. The first-order valence-electron chi connectivity index (χ1n) is 1.32. The van der Waals surface area contributed by atoms with Crippen LogP contribution in [0.25, 0.3) is 0 Å². The Hall–Kier alpha value is -0.637. The van der Waals surface area contributed by atoms with Crippen molar-refractivity contribution in [1.29, 1.82) is 0 Å². The quantitative estimate of drug-likeness (QED) is 0.397. The number of carbonyl (C=O) groups is 2. The van der Waals surface area contributed by atoms with Crippen molar-refractivity contribution in [2.45, 2.75) is 0 Å². The third kappa shape index (κ3) is 9.03. The molecule has 0 aromatic heterocycles. The van der Waals surface area contributed by atoms with Crippen molar-refractivity contribution in [3.05, 3.63) is 0 Å². The van der Waals surface area contributed by atoms with Crippen LogP contribution in [0.5, 0.6) is 0 Å². The standard InChI is InChI=1S/C2H3NO4.Zn/c4-1(5)3-2(6)7;/h3H,(H,4,5)(H,6,7);/q;+2/p-2.